The number of aromatic nitrogens is 2. The van der Waals surface area contributed by atoms with Gasteiger partial charge in [0.1, 0.15) is 11.8 Å². The summed E-state index contributed by atoms with van der Waals surface area (Å²) in [5, 5.41) is 15.2. The first-order valence-corrected chi connectivity index (χ1v) is 10.7. The highest BCUT2D eigenvalue weighted by Crippen LogP contribution is 2.21. The minimum absolute atomic E-state index is 0.262. The minimum Gasteiger partial charge on any atom is -0.464 e. The molecule has 1 unspecified atom stereocenters. The molecule has 0 N–H and O–H groups in total. The maximum absolute atomic E-state index is 12.3. The van der Waals surface area contributed by atoms with Gasteiger partial charge in [-0.15, -0.1) is 0 Å². The van der Waals surface area contributed by atoms with Crippen LogP contribution in [0.15, 0.2) is 30.5 Å². The van der Waals surface area contributed by atoms with Crippen LogP contribution in [-0.4, -0.2) is 76.8 Å². The van der Waals surface area contributed by atoms with Crippen LogP contribution in [0, 0.1) is 10.1 Å². The molecule has 12 nitrogen and oxygen atoms in total. The van der Waals surface area contributed by atoms with Crippen molar-refractivity contribution in [1.82, 2.24) is 14.7 Å². The van der Waals surface area contributed by atoms with Gasteiger partial charge in [0, 0.05) is 6.54 Å². The molecule has 1 aliphatic heterocycles. The molecule has 3 rings (SSSR count). The van der Waals surface area contributed by atoms with Crippen molar-refractivity contribution in [3.05, 3.63) is 51.8 Å². The van der Waals surface area contributed by atoms with E-state index in [0.29, 0.717) is 38.6 Å². The molecular formula is C22H28N4O8. The minimum atomic E-state index is -0.884. The van der Waals surface area contributed by atoms with E-state index in [0.717, 1.165) is 18.9 Å². The number of ether oxygens (including phenoxy) is 4. The number of nitrogens with zero attached hydrogens (tertiary/aromatic N) is 4. The molecule has 34 heavy (non-hydrogen) atoms. The summed E-state index contributed by atoms with van der Waals surface area (Å²) in [6.07, 6.45) is 0.529. The molecule has 0 aliphatic carbocycles. The number of hydrogen-bond donors (Lipinski definition) is 0. The molecule has 2 aromatic rings. The number of hydrogen-bond acceptors (Lipinski definition) is 9. The fourth-order valence-electron chi connectivity index (χ4n) is 3.24. The monoisotopic (exact) mass is 476 g/mol. The SMILES string of the molecule is COC(=O)c1nn(-c2ccc(COCC3CN(C(=O)OC(C)(C)C)CCO3)cc2)cc1[N+](=O)[O-]. The number of methoxy groups -OCH3 is 1. The van der Waals surface area contributed by atoms with Crippen molar-refractivity contribution >= 4 is 17.7 Å². The second kappa shape index (κ2) is 10.6. The van der Waals surface area contributed by atoms with Crippen LogP contribution >= 0.6 is 0 Å². The summed E-state index contributed by atoms with van der Waals surface area (Å²) in [6, 6.07) is 6.99. The summed E-state index contributed by atoms with van der Waals surface area (Å²) < 4.78 is 22.7. The van der Waals surface area contributed by atoms with Gasteiger partial charge in [-0.05, 0) is 38.5 Å². The molecular weight excluding hydrogens is 448 g/mol. The third-order valence-corrected chi connectivity index (χ3v) is 4.83. The van der Waals surface area contributed by atoms with Gasteiger partial charge in [0.05, 0.1) is 50.2 Å². The number of morpholine rings is 1. The van der Waals surface area contributed by atoms with Crippen molar-refractivity contribution in [1.29, 1.82) is 0 Å². The predicted molar refractivity (Wildman–Crippen MR) is 119 cm³/mol. The summed E-state index contributed by atoms with van der Waals surface area (Å²) in [4.78, 5) is 36.1. The summed E-state index contributed by atoms with van der Waals surface area (Å²) in [6.45, 7) is 7.33. The van der Waals surface area contributed by atoms with Crippen LogP contribution < -0.4 is 0 Å². The zero-order chi connectivity index (χ0) is 24.9. The van der Waals surface area contributed by atoms with E-state index in [2.05, 4.69) is 9.84 Å². The van der Waals surface area contributed by atoms with Gasteiger partial charge in [-0.3, -0.25) is 10.1 Å². The summed E-state index contributed by atoms with van der Waals surface area (Å²) in [5.74, 6) is -0.884. The lowest BCUT2D eigenvalue weighted by atomic mass is 10.2. The van der Waals surface area contributed by atoms with E-state index < -0.39 is 22.2 Å². The quantitative estimate of drug-likeness (QED) is 0.336. The van der Waals surface area contributed by atoms with E-state index in [4.69, 9.17) is 14.2 Å². The molecule has 2 heterocycles. The topological polar surface area (TPSA) is 135 Å². The van der Waals surface area contributed by atoms with Gasteiger partial charge in [0.25, 0.3) is 0 Å². The van der Waals surface area contributed by atoms with Gasteiger partial charge < -0.3 is 23.8 Å². The zero-order valence-corrected chi connectivity index (χ0v) is 19.6. The number of esters is 1. The summed E-state index contributed by atoms with van der Waals surface area (Å²) >= 11 is 0. The molecule has 1 aromatic carbocycles. The average Bonchev–Trinajstić information content (AvgIpc) is 3.24. The van der Waals surface area contributed by atoms with Crippen LogP contribution in [-0.2, 0) is 25.6 Å². The van der Waals surface area contributed by atoms with E-state index >= 15 is 0 Å². The number of amides is 1. The van der Waals surface area contributed by atoms with E-state index in [1.165, 1.54) is 4.68 Å². The zero-order valence-electron chi connectivity index (χ0n) is 19.6. The van der Waals surface area contributed by atoms with Crippen LogP contribution in [0.4, 0.5) is 10.5 Å². The van der Waals surface area contributed by atoms with Crippen LogP contribution in [0.3, 0.4) is 0 Å². The van der Waals surface area contributed by atoms with Gasteiger partial charge in [-0.1, -0.05) is 12.1 Å². The Morgan fingerprint density at radius 2 is 1.97 bits per heavy atom. The van der Waals surface area contributed by atoms with Crippen molar-refractivity contribution in [3.8, 4) is 5.69 Å². The summed E-state index contributed by atoms with van der Waals surface area (Å²) in [5.41, 5.74) is 0.0270. The van der Waals surface area contributed by atoms with Gasteiger partial charge in [0.2, 0.25) is 5.69 Å². The Morgan fingerprint density at radius 1 is 1.26 bits per heavy atom. The molecule has 1 saturated heterocycles. The first-order valence-electron chi connectivity index (χ1n) is 10.7. The van der Waals surface area contributed by atoms with Crippen molar-refractivity contribution < 1.29 is 33.5 Å². The average molecular weight is 476 g/mol. The van der Waals surface area contributed by atoms with Gasteiger partial charge >= 0.3 is 17.7 Å². The fraction of sp³-hybridized carbons (Fsp3) is 0.500. The Morgan fingerprint density at radius 3 is 2.59 bits per heavy atom. The molecule has 0 radical (unpaired) electrons. The molecule has 1 amide bonds. The molecule has 1 aliphatic rings. The molecule has 0 spiro atoms. The van der Waals surface area contributed by atoms with E-state index in [1.54, 1.807) is 29.2 Å². The Labute approximate surface area is 196 Å². The van der Waals surface area contributed by atoms with E-state index in [9.17, 15) is 19.7 Å². The largest absolute Gasteiger partial charge is 0.464 e. The van der Waals surface area contributed by atoms with Crippen LogP contribution in [0.2, 0.25) is 0 Å². The second-order valence-electron chi connectivity index (χ2n) is 8.66. The van der Waals surface area contributed by atoms with Crippen LogP contribution in [0.5, 0.6) is 0 Å². The number of carbonyl (C=O) groups excluding carboxylic acids is 2. The lowest BCUT2D eigenvalue weighted by Crippen LogP contribution is -2.48. The highest BCUT2D eigenvalue weighted by atomic mass is 16.6. The standard InChI is InChI=1S/C22H28N4O8/c1-22(2,3)34-21(28)24-9-10-33-17(11-24)14-32-13-15-5-7-16(8-6-15)25-12-18(26(29)30)19(23-25)20(27)31-4/h5-8,12,17H,9-11,13-14H2,1-4H3. The smallest absolute Gasteiger partial charge is 0.410 e. The molecule has 0 saturated carbocycles. The van der Waals surface area contributed by atoms with Crippen molar-refractivity contribution in [2.45, 2.75) is 39.1 Å². The Hall–Kier alpha value is -3.51. The normalized spacial score (nSPS) is 16.2. The Kier molecular flexibility index (Phi) is 7.84. The molecule has 12 heteroatoms. The lowest BCUT2D eigenvalue weighted by molar-refractivity contribution is -0.385. The highest BCUT2D eigenvalue weighted by Gasteiger charge is 2.29. The van der Waals surface area contributed by atoms with Gasteiger partial charge in [-0.2, -0.15) is 5.10 Å². The van der Waals surface area contributed by atoms with E-state index in [-0.39, 0.29) is 17.9 Å². The molecule has 1 fully saturated rings. The van der Waals surface area contributed by atoms with Gasteiger partial charge in [0.15, 0.2) is 0 Å². The highest BCUT2D eigenvalue weighted by molar-refractivity contribution is 5.91. The van der Waals surface area contributed by atoms with Gasteiger partial charge in [-0.25, -0.2) is 14.3 Å². The second-order valence-corrected chi connectivity index (χ2v) is 8.66. The molecule has 1 aromatic heterocycles. The maximum Gasteiger partial charge on any atom is 0.410 e. The summed E-state index contributed by atoms with van der Waals surface area (Å²) in [7, 11) is 1.13. The van der Waals surface area contributed by atoms with Crippen LogP contribution in [0.25, 0.3) is 5.69 Å². The van der Waals surface area contributed by atoms with E-state index in [1.807, 2.05) is 20.8 Å². The Balaban J connectivity index is 1.54. The molecule has 0 bridgehead atoms. The predicted octanol–water partition coefficient (Wildman–Crippen LogP) is 2.72. The van der Waals surface area contributed by atoms with Crippen molar-refractivity contribution in [3.63, 3.8) is 0 Å². The number of benzene rings is 1. The molecule has 1 atom stereocenters. The number of rotatable bonds is 7. The maximum atomic E-state index is 12.3. The fourth-order valence-corrected chi connectivity index (χ4v) is 3.24. The van der Waals surface area contributed by atoms with Crippen molar-refractivity contribution in [2.75, 3.05) is 33.4 Å². The van der Waals surface area contributed by atoms with Crippen molar-refractivity contribution in [2.24, 2.45) is 0 Å². The lowest BCUT2D eigenvalue weighted by Gasteiger charge is -2.34. The number of nitro groups is 1. The molecule has 184 valence electrons. The first-order chi connectivity index (χ1) is 16.1. The number of carbonyl (C=O) groups is 2. The Bertz CT molecular complexity index is 1030. The van der Waals surface area contributed by atoms with Crippen LogP contribution in [0.1, 0.15) is 36.8 Å². The first kappa shape index (κ1) is 25.1. The third-order valence-electron chi connectivity index (χ3n) is 4.83. The third kappa shape index (κ3) is 6.51.